The Bertz CT molecular complexity index is 1360. The van der Waals surface area contributed by atoms with E-state index in [0.717, 1.165) is 10.4 Å². The lowest BCUT2D eigenvalue weighted by atomic mass is 10.2. The molecule has 3 aromatic heterocycles. The first-order valence-electron chi connectivity index (χ1n) is 9.92. The van der Waals surface area contributed by atoms with E-state index in [2.05, 4.69) is 10.2 Å². The van der Waals surface area contributed by atoms with Gasteiger partial charge < -0.3 is 0 Å². The molecule has 25 heavy (non-hydrogen) atoms. The van der Waals surface area contributed by atoms with Gasteiger partial charge in [-0.3, -0.25) is 13.8 Å². The highest BCUT2D eigenvalue weighted by Crippen LogP contribution is 2.34. The maximum atomic E-state index is 13.2. The third kappa shape index (κ3) is 2.46. The number of nitrogens with one attached hydrogen (secondary N) is 1. The summed E-state index contributed by atoms with van der Waals surface area (Å²) in [4.78, 5) is 14.2. The Kier molecular flexibility index (Phi) is 2.57. The van der Waals surface area contributed by atoms with Gasteiger partial charge in [-0.05, 0) is 36.2 Å². The Morgan fingerprint density at radius 2 is 2.16 bits per heavy atom. The molecule has 1 aliphatic rings. The smallest absolute Gasteiger partial charge is 0.272 e. The van der Waals surface area contributed by atoms with Crippen molar-refractivity contribution in [3.63, 3.8) is 0 Å². The number of hydrogen-bond acceptors (Lipinski definition) is 4. The van der Waals surface area contributed by atoms with Crippen LogP contribution < -0.4 is 5.56 Å². The first kappa shape index (κ1) is 11.4. The second-order valence-corrected chi connectivity index (χ2v) is 7.38. The van der Waals surface area contributed by atoms with Crippen LogP contribution in [-0.4, -0.2) is 19.2 Å². The van der Waals surface area contributed by atoms with E-state index in [1.807, 2.05) is 36.4 Å². The molecule has 1 saturated carbocycles. The number of fused-ring (bicyclic) bond motifs is 3. The largest absolute Gasteiger partial charge is 0.276 e. The molecule has 5 rings (SSSR count). The van der Waals surface area contributed by atoms with E-state index < -0.39 is 18.7 Å². The van der Waals surface area contributed by atoms with Crippen LogP contribution in [0.1, 0.15) is 24.6 Å². The topological polar surface area (TPSA) is 55.1 Å². The summed E-state index contributed by atoms with van der Waals surface area (Å²) in [6.45, 7) is 0.167. The minimum absolute atomic E-state index is 0.167. The minimum atomic E-state index is -1.87. The number of aromatic nitrogens is 4. The molecule has 1 fully saturated rings. The number of thiophene rings is 1. The van der Waals surface area contributed by atoms with Gasteiger partial charge in [0.2, 0.25) is 10.5 Å². The SMILES string of the molecule is [2H]C1([2H])C(CCn2c(=O)c3sc(-c4ccccc4)cc3n3c(=S)[nH]nc23)C1([2H])[2H]. The van der Waals surface area contributed by atoms with Crippen molar-refractivity contribution in [1.82, 2.24) is 19.2 Å². The summed E-state index contributed by atoms with van der Waals surface area (Å²) in [6, 6.07) is 11.7. The van der Waals surface area contributed by atoms with Crippen LogP contribution in [0, 0.1) is 10.7 Å². The standard InChI is InChI=1S/C18H16N4OS2/c23-16-15-13(10-14(25-15)12-4-2-1-3-5-12)22-17(19-20-18(22)24)21(16)9-8-11-6-7-11/h1-5,10-11H,6-9H2,(H,20,24)/i6D2,7D2. The van der Waals surface area contributed by atoms with Gasteiger partial charge in [0.15, 0.2) is 0 Å². The zero-order chi connectivity index (χ0) is 20.6. The molecule has 1 aromatic carbocycles. The van der Waals surface area contributed by atoms with E-state index >= 15 is 0 Å². The number of benzene rings is 1. The van der Waals surface area contributed by atoms with Gasteiger partial charge in [-0.25, -0.2) is 5.10 Å². The van der Waals surface area contributed by atoms with Crippen LogP contribution in [0.4, 0.5) is 0 Å². The summed E-state index contributed by atoms with van der Waals surface area (Å²) in [5, 5.41) is 6.94. The van der Waals surface area contributed by atoms with Crippen LogP contribution >= 0.6 is 23.6 Å². The quantitative estimate of drug-likeness (QED) is 0.545. The maximum Gasteiger partial charge on any atom is 0.272 e. The zero-order valence-corrected chi connectivity index (χ0v) is 14.7. The molecule has 0 aliphatic heterocycles. The van der Waals surface area contributed by atoms with E-state index in [1.54, 1.807) is 4.40 Å². The van der Waals surface area contributed by atoms with Crippen LogP contribution in [-0.2, 0) is 6.54 Å². The Morgan fingerprint density at radius 3 is 2.92 bits per heavy atom. The average Bonchev–Trinajstić information content (AvgIpc) is 3.12. The van der Waals surface area contributed by atoms with Gasteiger partial charge in [-0.15, -0.1) is 16.4 Å². The Labute approximate surface area is 158 Å². The average molecular weight is 373 g/mol. The highest BCUT2D eigenvalue weighted by atomic mass is 32.1. The Morgan fingerprint density at radius 1 is 1.36 bits per heavy atom. The number of aromatic amines is 1. The fourth-order valence-corrected chi connectivity index (χ4v) is 4.33. The molecule has 0 saturated heterocycles. The molecule has 4 aromatic rings. The summed E-state index contributed by atoms with van der Waals surface area (Å²) in [6.07, 6.45) is -3.53. The Balaban J connectivity index is 1.66. The Hall–Kier alpha value is -2.25. The highest BCUT2D eigenvalue weighted by Gasteiger charge is 2.23. The number of nitrogens with zero attached hydrogens (tertiary/aromatic N) is 3. The lowest BCUT2D eigenvalue weighted by Crippen LogP contribution is -2.22. The zero-order valence-electron chi connectivity index (χ0n) is 17.0. The van der Waals surface area contributed by atoms with Crippen molar-refractivity contribution in [2.45, 2.75) is 25.7 Å². The van der Waals surface area contributed by atoms with Gasteiger partial charge in [-0.2, -0.15) is 0 Å². The normalized spacial score (nSPS) is 21.0. The second kappa shape index (κ2) is 5.64. The van der Waals surface area contributed by atoms with Gasteiger partial charge in [0.25, 0.3) is 5.56 Å². The van der Waals surface area contributed by atoms with Crippen LogP contribution in [0.5, 0.6) is 0 Å². The number of hydrogen-bond donors (Lipinski definition) is 1. The molecule has 0 amide bonds. The lowest BCUT2D eigenvalue weighted by Gasteiger charge is -2.07. The van der Waals surface area contributed by atoms with Crippen molar-refractivity contribution < 1.29 is 5.48 Å². The predicted molar refractivity (Wildman–Crippen MR) is 103 cm³/mol. The van der Waals surface area contributed by atoms with Crippen molar-refractivity contribution in [1.29, 1.82) is 0 Å². The molecular weight excluding hydrogens is 352 g/mol. The third-order valence-electron chi connectivity index (χ3n) is 4.34. The summed E-state index contributed by atoms with van der Waals surface area (Å²) in [7, 11) is 0. The van der Waals surface area contributed by atoms with Gasteiger partial charge in [0.1, 0.15) is 4.70 Å². The molecule has 0 bridgehead atoms. The van der Waals surface area contributed by atoms with Gasteiger partial charge in [0.05, 0.1) is 5.52 Å². The van der Waals surface area contributed by atoms with E-state index in [4.69, 9.17) is 17.7 Å². The number of rotatable bonds is 4. The van der Waals surface area contributed by atoms with Crippen LogP contribution in [0.3, 0.4) is 0 Å². The lowest BCUT2D eigenvalue weighted by molar-refractivity contribution is 0.589. The van der Waals surface area contributed by atoms with Crippen LogP contribution in [0.25, 0.3) is 26.4 Å². The van der Waals surface area contributed by atoms with Gasteiger partial charge in [-0.1, -0.05) is 43.1 Å². The fraction of sp³-hybridized carbons (Fsp3) is 0.278. The summed E-state index contributed by atoms with van der Waals surface area (Å²) in [5.41, 5.74) is 1.46. The van der Waals surface area contributed by atoms with Crippen molar-refractivity contribution in [2.24, 2.45) is 5.92 Å². The number of H-pyrrole nitrogens is 1. The molecule has 126 valence electrons. The molecule has 7 heteroatoms. The van der Waals surface area contributed by atoms with Crippen molar-refractivity contribution in [3.05, 3.63) is 51.5 Å². The summed E-state index contributed by atoms with van der Waals surface area (Å²) >= 11 is 6.76. The molecule has 1 aliphatic carbocycles. The highest BCUT2D eigenvalue weighted by molar-refractivity contribution is 7.71. The van der Waals surface area contributed by atoms with Crippen molar-refractivity contribution in [3.8, 4) is 10.4 Å². The monoisotopic (exact) mass is 372 g/mol. The first-order chi connectivity index (χ1) is 13.7. The molecule has 0 atom stereocenters. The fourth-order valence-electron chi connectivity index (χ4n) is 3.01. The molecular formula is C18H16N4OS2. The summed E-state index contributed by atoms with van der Waals surface area (Å²) < 4.78 is 35.2. The van der Waals surface area contributed by atoms with E-state index in [0.29, 0.717) is 20.8 Å². The molecule has 5 nitrogen and oxygen atoms in total. The molecule has 0 unspecified atom stereocenters. The molecule has 0 radical (unpaired) electrons. The molecule has 1 N–H and O–H groups in total. The third-order valence-corrected chi connectivity index (χ3v) is 5.77. The van der Waals surface area contributed by atoms with Crippen LogP contribution in [0.2, 0.25) is 0 Å². The van der Waals surface area contributed by atoms with Crippen molar-refractivity contribution in [2.75, 3.05) is 0 Å². The van der Waals surface area contributed by atoms with E-state index in [1.165, 1.54) is 15.9 Å². The maximum absolute atomic E-state index is 13.2. The second-order valence-electron chi connectivity index (χ2n) is 5.94. The van der Waals surface area contributed by atoms with E-state index in [9.17, 15) is 4.79 Å². The van der Waals surface area contributed by atoms with Crippen LogP contribution in [0.15, 0.2) is 41.2 Å². The molecule has 0 spiro atoms. The number of aryl methyl sites for hydroxylation is 1. The van der Waals surface area contributed by atoms with Gasteiger partial charge in [0, 0.05) is 16.9 Å². The summed E-state index contributed by atoms with van der Waals surface area (Å²) in [5.74, 6) is -0.394. The molecule has 3 heterocycles. The first-order valence-corrected chi connectivity index (χ1v) is 9.15. The minimum Gasteiger partial charge on any atom is -0.276 e. The van der Waals surface area contributed by atoms with E-state index in [-0.39, 0.29) is 18.5 Å². The van der Waals surface area contributed by atoms with Gasteiger partial charge >= 0.3 is 0 Å². The predicted octanol–water partition coefficient (Wildman–Crippen LogP) is 4.24. The van der Waals surface area contributed by atoms with Crippen molar-refractivity contribution >= 4 is 39.5 Å².